The van der Waals surface area contributed by atoms with Crippen LogP contribution in [0.1, 0.15) is 21.5 Å². The molecule has 0 aliphatic rings. The molecule has 2 aromatic heterocycles. The predicted molar refractivity (Wildman–Crippen MR) is 102 cm³/mol. The molecular weight excluding hydrogens is 397 g/mol. The van der Waals surface area contributed by atoms with E-state index >= 15 is 0 Å². The summed E-state index contributed by atoms with van der Waals surface area (Å²) in [6.45, 7) is 1.64. The van der Waals surface area contributed by atoms with Crippen LogP contribution in [-0.4, -0.2) is 21.2 Å². The van der Waals surface area contributed by atoms with Crippen LogP contribution >= 0.6 is 34.5 Å². The average molecular weight is 410 g/mol. The summed E-state index contributed by atoms with van der Waals surface area (Å²) in [6.07, 6.45) is 1.30. The third-order valence-corrected chi connectivity index (χ3v) is 5.24. The molecule has 6 nitrogen and oxygen atoms in total. The molecule has 2 heterocycles. The van der Waals surface area contributed by atoms with Gasteiger partial charge in [-0.1, -0.05) is 23.2 Å². The number of hydrogen-bond acceptors (Lipinski definition) is 5. The van der Waals surface area contributed by atoms with E-state index in [4.69, 9.17) is 23.2 Å². The first-order valence-corrected chi connectivity index (χ1v) is 9.13. The third-order valence-electron chi connectivity index (χ3n) is 3.61. The van der Waals surface area contributed by atoms with Gasteiger partial charge in [-0.3, -0.25) is 19.0 Å². The number of nitrogens with one attached hydrogen (secondary N) is 1. The van der Waals surface area contributed by atoms with Crippen molar-refractivity contribution < 1.29 is 9.59 Å². The van der Waals surface area contributed by atoms with Crippen LogP contribution in [0.2, 0.25) is 10.0 Å². The molecule has 0 bridgehead atoms. The quantitative estimate of drug-likeness (QED) is 0.655. The summed E-state index contributed by atoms with van der Waals surface area (Å²) in [6, 6.07) is 6.44. The highest BCUT2D eigenvalue weighted by Crippen LogP contribution is 2.24. The van der Waals surface area contributed by atoms with Crippen molar-refractivity contribution in [3.8, 4) is 0 Å². The maximum atomic E-state index is 12.6. The molecule has 26 heavy (non-hydrogen) atoms. The zero-order valence-electron chi connectivity index (χ0n) is 13.6. The number of nitrogens with zero attached hydrogens (tertiary/aromatic N) is 2. The summed E-state index contributed by atoms with van der Waals surface area (Å²) in [7, 11) is 0. The van der Waals surface area contributed by atoms with E-state index in [0.29, 0.717) is 22.0 Å². The van der Waals surface area contributed by atoms with Crippen molar-refractivity contribution in [1.82, 2.24) is 14.9 Å². The zero-order valence-corrected chi connectivity index (χ0v) is 15.9. The van der Waals surface area contributed by atoms with Crippen LogP contribution in [0.25, 0.3) is 10.9 Å². The van der Waals surface area contributed by atoms with Crippen molar-refractivity contribution in [2.45, 2.75) is 20.0 Å². The summed E-state index contributed by atoms with van der Waals surface area (Å²) in [5.74, 6) is -0.363. The van der Waals surface area contributed by atoms with Gasteiger partial charge in [0, 0.05) is 16.8 Å². The highest BCUT2D eigenvalue weighted by atomic mass is 35.5. The number of carbonyl (C=O) groups excluding carboxylic acids is 2. The second kappa shape index (κ2) is 7.57. The van der Waals surface area contributed by atoms with E-state index in [1.54, 1.807) is 12.1 Å². The molecule has 3 aromatic rings. The fourth-order valence-electron chi connectivity index (χ4n) is 2.37. The van der Waals surface area contributed by atoms with E-state index < -0.39 is 0 Å². The van der Waals surface area contributed by atoms with Gasteiger partial charge in [-0.25, -0.2) is 4.98 Å². The van der Waals surface area contributed by atoms with E-state index in [9.17, 15) is 14.4 Å². The van der Waals surface area contributed by atoms with Gasteiger partial charge in [0.1, 0.15) is 0 Å². The summed E-state index contributed by atoms with van der Waals surface area (Å²) in [5.41, 5.74) is -0.0405. The van der Waals surface area contributed by atoms with Gasteiger partial charge in [0.2, 0.25) is 5.91 Å². The Kier molecular flexibility index (Phi) is 5.41. The van der Waals surface area contributed by atoms with Gasteiger partial charge in [-0.15, -0.1) is 11.3 Å². The number of fused-ring (bicyclic) bond motifs is 1. The summed E-state index contributed by atoms with van der Waals surface area (Å²) >= 11 is 13.3. The van der Waals surface area contributed by atoms with Crippen molar-refractivity contribution >= 4 is 57.1 Å². The molecule has 0 saturated heterocycles. The number of hydrogen-bond donors (Lipinski definition) is 1. The van der Waals surface area contributed by atoms with Gasteiger partial charge in [0.05, 0.1) is 40.2 Å². The number of aromatic nitrogens is 2. The molecule has 0 aliphatic carbocycles. The summed E-state index contributed by atoms with van der Waals surface area (Å²) in [5, 5.41) is 3.54. The van der Waals surface area contributed by atoms with E-state index in [1.807, 2.05) is 0 Å². The third kappa shape index (κ3) is 3.95. The second-order valence-corrected chi connectivity index (χ2v) is 7.57. The molecule has 134 valence electrons. The lowest BCUT2D eigenvalue weighted by atomic mass is 10.2. The first-order chi connectivity index (χ1) is 12.3. The second-order valence-electron chi connectivity index (χ2n) is 5.56. The first-order valence-electron chi connectivity index (χ1n) is 7.55. The molecule has 0 radical (unpaired) electrons. The smallest absolute Gasteiger partial charge is 0.261 e. The van der Waals surface area contributed by atoms with Crippen LogP contribution in [0.15, 0.2) is 35.4 Å². The predicted octanol–water partition coefficient (Wildman–Crippen LogP) is 3.28. The van der Waals surface area contributed by atoms with Crippen molar-refractivity contribution in [1.29, 1.82) is 0 Å². The molecule has 0 unspecified atom stereocenters. The van der Waals surface area contributed by atoms with Crippen molar-refractivity contribution in [3.63, 3.8) is 0 Å². The molecule has 0 spiro atoms. The SMILES string of the molecule is CC(=O)NCc1ccc(C(=O)Cn2cnc3c(Cl)cc(Cl)cc3c2=O)s1. The first kappa shape index (κ1) is 18.6. The molecule has 0 atom stereocenters. The number of halogens is 2. The zero-order chi connectivity index (χ0) is 18.8. The largest absolute Gasteiger partial charge is 0.351 e. The molecule has 9 heteroatoms. The van der Waals surface area contributed by atoms with Crippen LogP contribution in [0, 0.1) is 0 Å². The van der Waals surface area contributed by atoms with Gasteiger partial charge in [-0.2, -0.15) is 0 Å². The van der Waals surface area contributed by atoms with Gasteiger partial charge in [-0.05, 0) is 24.3 Å². The highest BCUT2D eigenvalue weighted by molar-refractivity contribution is 7.14. The topological polar surface area (TPSA) is 81.1 Å². The molecule has 1 amide bonds. The van der Waals surface area contributed by atoms with E-state index in [1.165, 1.54) is 41.3 Å². The lowest BCUT2D eigenvalue weighted by Crippen LogP contribution is -2.24. The maximum absolute atomic E-state index is 12.6. The molecule has 1 N–H and O–H groups in total. The lowest BCUT2D eigenvalue weighted by Gasteiger charge is -2.06. The number of thiophene rings is 1. The standard InChI is InChI=1S/C17H13Cl2N3O3S/c1-9(23)20-6-11-2-3-15(26-11)14(24)7-22-8-21-16-12(17(22)25)4-10(18)5-13(16)19/h2-5,8H,6-7H2,1H3,(H,20,23). The van der Waals surface area contributed by atoms with Crippen molar-refractivity contribution in [2.75, 3.05) is 0 Å². The Bertz CT molecular complexity index is 1070. The Morgan fingerprint density at radius 2 is 2.04 bits per heavy atom. The molecular formula is C17H13Cl2N3O3S. The Morgan fingerprint density at radius 3 is 2.77 bits per heavy atom. The van der Waals surface area contributed by atoms with Crippen molar-refractivity contribution in [2.24, 2.45) is 0 Å². The van der Waals surface area contributed by atoms with Gasteiger partial charge in [0.15, 0.2) is 5.78 Å². The number of rotatable bonds is 5. The van der Waals surface area contributed by atoms with E-state index in [2.05, 4.69) is 10.3 Å². The Hall–Kier alpha value is -2.22. The summed E-state index contributed by atoms with van der Waals surface area (Å²) in [4.78, 5) is 41.5. The monoisotopic (exact) mass is 409 g/mol. The minimum absolute atomic E-state index is 0.141. The summed E-state index contributed by atoms with van der Waals surface area (Å²) < 4.78 is 1.23. The molecule has 1 aromatic carbocycles. The van der Waals surface area contributed by atoms with Crippen molar-refractivity contribution in [3.05, 3.63) is 60.7 Å². The Labute approximate surface area is 162 Å². The Morgan fingerprint density at radius 1 is 1.27 bits per heavy atom. The van der Waals surface area contributed by atoms with Gasteiger partial charge >= 0.3 is 0 Å². The number of carbonyl (C=O) groups is 2. The van der Waals surface area contributed by atoms with Crippen LogP contribution in [0.5, 0.6) is 0 Å². The molecule has 0 aliphatic heterocycles. The van der Waals surface area contributed by atoms with Crippen LogP contribution in [0.4, 0.5) is 0 Å². The maximum Gasteiger partial charge on any atom is 0.261 e. The fraction of sp³-hybridized carbons (Fsp3) is 0.176. The minimum Gasteiger partial charge on any atom is -0.351 e. The number of amides is 1. The molecule has 0 saturated carbocycles. The number of benzene rings is 1. The average Bonchev–Trinajstić information content (AvgIpc) is 3.05. The normalized spacial score (nSPS) is 10.9. The van der Waals surface area contributed by atoms with E-state index in [0.717, 1.165) is 4.88 Å². The molecule has 0 fully saturated rings. The van der Waals surface area contributed by atoms with Crippen LogP contribution in [-0.2, 0) is 17.9 Å². The highest BCUT2D eigenvalue weighted by Gasteiger charge is 2.14. The van der Waals surface area contributed by atoms with Gasteiger partial charge in [0.25, 0.3) is 5.56 Å². The lowest BCUT2D eigenvalue weighted by molar-refractivity contribution is -0.119. The molecule has 3 rings (SSSR count). The van der Waals surface area contributed by atoms with Crippen LogP contribution < -0.4 is 10.9 Å². The van der Waals surface area contributed by atoms with Crippen LogP contribution in [0.3, 0.4) is 0 Å². The number of ketones is 1. The Balaban J connectivity index is 1.85. The minimum atomic E-state index is -0.386. The number of Topliss-reactive ketones (excluding diaryl/α,β-unsaturated/α-hetero) is 1. The van der Waals surface area contributed by atoms with Gasteiger partial charge < -0.3 is 5.32 Å². The fourth-order valence-corrected chi connectivity index (χ4v) is 3.79. The van der Waals surface area contributed by atoms with E-state index in [-0.39, 0.29) is 34.2 Å².